The van der Waals surface area contributed by atoms with Crippen molar-refractivity contribution < 1.29 is 14.3 Å². The Morgan fingerprint density at radius 3 is 2.93 bits per heavy atom. The van der Waals surface area contributed by atoms with Gasteiger partial charge in [0, 0.05) is 43.9 Å². The van der Waals surface area contributed by atoms with Crippen molar-refractivity contribution in [1.82, 2.24) is 9.88 Å². The largest absolute Gasteiger partial charge is 0.491 e. The third-order valence-corrected chi connectivity index (χ3v) is 5.99. The van der Waals surface area contributed by atoms with Crippen molar-refractivity contribution in [2.24, 2.45) is 11.8 Å². The molecule has 2 amide bonds. The van der Waals surface area contributed by atoms with Crippen molar-refractivity contribution in [3.8, 4) is 16.9 Å². The minimum Gasteiger partial charge on any atom is -0.491 e. The second-order valence-corrected chi connectivity index (χ2v) is 7.84. The molecule has 6 nitrogen and oxygen atoms in total. The Morgan fingerprint density at radius 1 is 1.24 bits per heavy atom. The minimum atomic E-state index is 0.00496. The first-order valence-corrected chi connectivity index (χ1v) is 10.4. The van der Waals surface area contributed by atoms with E-state index in [9.17, 15) is 9.59 Å². The number of hydrogen-bond donors (Lipinski definition) is 1. The van der Waals surface area contributed by atoms with Gasteiger partial charge in [-0.2, -0.15) is 0 Å². The minimum absolute atomic E-state index is 0.00496. The van der Waals surface area contributed by atoms with Crippen LogP contribution in [0, 0.1) is 11.8 Å². The maximum atomic E-state index is 12.8. The van der Waals surface area contributed by atoms with Gasteiger partial charge in [-0.1, -0.05) is 19.1 Å². The number of carbonyl (C=O) groups is 2. The lowest BCUT2D eigenvalue weighted by atomic mass is 9.81. The molecule has 0 saturated carbocycles. The first kappa shape index (κ1) is 19.4. The van der Waals surface area contributed by atoms with E-state index in [1.807, 2.05) is 42.2 Å². The predicted molar refractivity (Wildman–Crippen MR) is 111 cm³/mol. The van der Waals surface area contributed by atoms with E-state index in [1.165, 1.54) is 0 Å². The molecule has 2 atom stereocenters. The third-order valence-electron chi connectivity index (χ3n) is 5.99. The van der Waals surface area contributed by atoms with E-state index < -0.39 is 0 Å². The fourth-order valence-electron chi connectivity index (χ4n) is 4.35. The molecule has 0 aliphatic carbocycles. The summed E-state index contributed by atoms with van der Waals surface area (Å²) < 4.78 is 6.04. The van der Waals surface area contributed by atoms with E-state index in [1.54, 1.807) is 12.4 Å². The molecule has 2 aromatic rings. The molecule has 29 heavy (non-hydrogen) atoms. The van der Waals surface area contributed by atoms with Gasteiger partial charge in [0.05, 0.1) is 12.3 Å². The summed E-state index contributed by atoms with van der Waals surface area (Å²) in [6, 6.07) is 9.73. The van der Waals surface area contributed by atoms with Gasteiger partial charge in [0.2, 0.25) is 11.8 Å². The van der Waals surface area contributed by atoms with Gasteiger partial charge in [0.25, 0.3) is 0 Å². The smallest absolute Gasteiger partial charge is 0.224 e. The number of anilines is 1. The van der Waals surface area contributed by atoms with Crippen molar-refractivity contribution in [2.75, 3.05) is 25.0 Å². The van der Waals surface area contributed by atoms with Crippen LogP contribution < -0.4 is 10.1 Å². The third kappa shape index (κ3) is 4.42. The highest BCUT2D eigenvalue weighted by molar-refractivity contribution is 5.93. The van der Waals surface area contributed by atoms with Crippen molar-refractivity contribution in [3.05, 3.63) is 42.7 Å². The Morgan fingerprint density at radius 2 is 2.14 bits per heavy atom. The molecule has 2 aliphatic rings. The Hall–Kier alpha value is -2.89. The topological polar surface area (TPSA) is 71.5 Å². The number of ether oxygens (including phenoxy) is 1. The lowest BCUT2D eigenvalue weighted by Crippen LogP contribution is -2.45. The number of rotatable bonds is 2. The monoisotopic (exact) mass is 393 g/mol. The Labute approximate surface area is 171 Å². The van der Waals surface area contributed by atoms with Crippen LogP contribution >= 0.6 is 0 Å². The van der Waals surface area contributed by atoms with Crippen LogP contribution in [-0.2, 0) is 9.59 Å². The quantitative estimate of drug-likeness (QED) is 0.844. The molecule has 2 aliphatic heterocycles. The van der Waals surface area contributed by atoms with Crippen LogP contribution in [-0.4, -0.2) is 41.4 Å². The van der Waals surface area contributed by atoms with Crippen molar-refractivity contribution in [3.63, 3.8) is 0 Å². The summed E-state index contributed by atoms with van der Waals surface area (Å²) >= 11 is 0. The summed E-state index contributed by atoms with van der Waals surface area (Å²) in [5.74, 6) is 1.45. The molecule has 6 heteroatoms. The van der Waals surface area contributed by atoms with E-state index in [-0.39, 0.29) is 17.7 Å². The van der Waals surface area contributed by atoms with Crippen LogP contribution in [0.4, 0.5) is 5.69 Å². The van der Waals surface area contributed by atoms with Gasteiger partial charge >= 0.3 is 0 Å². The molecule has 0 unspecified atom stereocenters. The lowest BCUT2D eigenvalue weighted by Gasteiger charge is -2.39. The highest BCUT2D eigenvalue weighted by Crippen LogP contribution is 2.35. The second-order valence-electron chi connectivity index (χ2n) is 7.84. The maximum Gasteiger partial charge on any atom is 0.224 e. The number of aromatic nitrogens is 1. The van der Waals surface area contributed by atoms with E-state index >= 15 is 0 Å². The van der Waals surface area contributed by atoms with E-state index in [4.69, 9.17) is 4.74 Å². The molecule has 0 radical (unpaired) electrons. The molecule has 0 spiro atoms. The Balaban J connectivity index is 1.54. The van der Waals surface area contributed by atoms with Crippen LogP contribution in [0.15, 0.2) is 42.7 Å². The molecular formula is C23H27N3O3. The van der Waals surface area contributed by atoms with Crippen LogP contribution in [0.3, 0.4) is 0 Å². The summed E-state index contributed by atoms with van der Waals surface area (Å²) in [6.07, 6.45) is 6.27. The molecule has 1 saturated heterocycles. The number of likely N-dealkylation sites (tertiary alicyclic amines) is 1. The number of piperidine rings is 1. The molecule has 4 rings (SSSR count). The van der Waals surface area contributed by atoms with Crippen LogP contribution in [0.5, 0.6) is 5.75 Å². The number of benzene rings is 1. The van der Waals surface area contributed by atoms with Crippen LogP contribution in [0.2, 0.25) is 0 Å². The number of hydrogen-bond acceptors (Lipinski definition) is 4. The fraction of sp³-hybridized carbons (Fsp3) is 0.435. The zero-order valence-electron chi connectivity index (χ0n) is 16.8. The number of fused-ring (bicyclic) bond motifs is 2. The van der Waals surface area contributed by atoms with Crippen LogP contribution in [0.25, 0.3) is 11.1 Å². The molecule has 1 aromatic carbocycles. The van der Waals surface area contributed by atoms with Gasteiger partial charge in [0.15, 0.2) is 0 Å². The Kier molecular flexibility index (Phi) is 5.79. The van der Waals surface area contributed by atoms with Gasteiger partial charge in [0.1, 0.15) is 5.75 Å². The average Bonchev–Trinajstić information content (AvgIpc) is 2.75. The summed E-state index contributed by atoms with van der Waals surface area (Å²) in [7, 11) is 0. The van der Waals surface area contributed by atoms with Gasteiger partial charge < -0.3 is 15.0 Å². The summed E-state index contributed by atoms with van der Waals surface area (Å²) in [5.41, 5.74) is 2.69. The van der Waals surface area contributed by atoms with E-state index in [2.05, 4.69) is 10.3 Å². The van der Waals surface area contributed by atoms with Crippen molar-refractivity contribution in [1.29, 1.82) is 0 Å². The van der Waals surface area contributed by atoms with Gasteiger partial charge in [-0.25, -0.2) is 0 Å². The molecule has 0 bridgehead atoms. The first-order valence-electron chi connectivity index (χ1n) is 10.4. The molecule has 1 N–H and O–H groups in total. The Bertz CT molecular complexity index is 884. The fourth-order valence-corrected chi connectivity index (χ4v) is 4.35. The van der Waals surface area contributed by atoms with Gasteiger partial charge in [-0.15, -0.1) is 0 Å². The van der Waals surface area contributed by atoms with Crippen LogP contribution in [0.1, 0.15) is 32.6 Å². The zero-order chi connectivity index (χ0) is 20.2. The highest BCUT2D eigenvalue weighted by atomic mass is 16.5. The number of nitrogens with one attached hydrogen (secondary N) is 1. The molecule has 3 heterocycles. The van der Waals surface area contributed by atoms with Crippen molar-refractivity contribution >= 4 is 17.5 Å². The molecular weight excluding hydrogens is 366 g/mol. The van der Waals surface area contributed by atoms with E-state index in [0.717, 1.165) is 37.1 Å². The van der Waals surface area contributed by atoms with Gasteiger partial charge in [-0.3, -0.25) is 14.6 Å². The first-order chi connectivity index (χ1) is 14.1. The highest BCUT2D eigenvalue weighted by Gasteiger charge is 2.33. The van der Waals surface area contributed by atoms with Crippen molar-refractivity contribution in [2.45, 2.75) is 32.6 Å². The summed E-state index contributed by atoms with van der Waals surface area (Å²) in [4.78, 5) is 31.0. The summed E-state index contributed by atoms with van der Waals surface area (Å²) in [6.45, 7) is 3.93. The second kappa shape index (κ2) is 8.64. The van der Waals surface area contributed by atoms with Gasteiger partial charge in [-0.05, 0) is 48.4 Å². The number of carbonyl (C=O) groups excluding carboxylic acids is 2. The number of amides is 2. The summed E-state index contributed by atoms with van der Waals surface area (Å²) in [5, 5.41) is 3.05. The standard InChI is InChI=1S/C23H27N3O3/c1-2-23(28)26-10-7-17-13-22(27)25-20-12-16(18-4-3-9-24-14-18)5-6-21(20)29-11-8-19(17)15-26/h3-6,9,12,14,17,19H,2,7-8,10-11,13,15H2,1H3,(H,25,27)/t17-,19-/m0/s1. The average molecular weight is 393 g/mol. The number of pyridine rings is 1. The SMILES string of the molecule is CCC(=O)N1CC[C@H]2CC(=O)Nc3cc(-c4cccnc4)ccc3OCC[C@H]2C1. The number of nitrogens with zero attached hydrogens (tertiary/aromatic N) is 2. The molecule has 1 aromatic heterocycles. The van der Waals surface area contributed by atoms with E-state index in [0.29, 0.717) is 36.8 Å². The normalized spacial score (nSPS) is 22.0. The zero-order valence-corrected chi connectivity index (χ0v) is 16.8. The molecule has 152 valence electrons. The lowest BCUT2D eigenvalue weighted by molar-refractivity contribution is -0.133. The predicted octanol–water partition coefficient (Wildman–Crippen LogP) is 3.73. The maximum absolute atomic E-state index is 12.8. The molecule has 1 fully saturated rings.